The van der Waals surface area contributed by atoms with E-state index in [9.17, 15) is 63.9 Å². The van der Waals surface area contributed by atoms with Crippen LogP contribution in [-0.2, 0) is 58.3 Å². The van der Waals surface area contributed by atoms with Gasteiger partial charge in [-0.3, -0.25) is 28.8 Å². The van der Waals surface area contributed by atoms with E-state index in [4.69, 9.17) is 19.8 Å². The second-order valence-electron chi connectivity index (χ2n) is 13.8. The molecule has 0 bridgehead atoms. The van der Waals surface area contributed by atoms with Gasteiger partial charge in [0.1, 0.15) is 17.8 Å². The number of carbonyl (C=O) groups excluding carboxylic acids is 4. The molecule has 346 valence electrons. The molecule has 4 rings (SSSR count). The van der Waals surface area contributed by atoms with Crippen molar-refractivity contribution in [3.63, 3.8) is 0 Å². The monoisotopic (exact) mass is 933 g/mol. The summed E-state index contributed by atoms with van der Waals surface area (Å²) in [6, 6.07) is 6.40. The summed E-state index contributed by atoms with van der Waals surface area (Å²) in [4.78, 5) is 73.7. The lowest BCUT2D eigenvalue weighted by Gasteiger charge is -2.27. The molecule has 0 unspecified atom stereocenters. The van der Waals surface area contributed by atoms with Crippen LogP contribution in [0.2, 0.25) is 0 Å². The third kappa shape index (κ3) is 17.5. The second-order valence-corrected chi connectivity index (χ2v) is 17.3. The van der Waals surface area contributed by atoms with E-state index in [1.54, 1.807) is 13.8 Å². The number of rotatable bonds is 23. The van der Waals surface area contributed by atoms with E-state index in [-0.39, 0.29) is 61.7 Å². The molecule has 25 heteroatoms. The Morgan fingerprint density at radius 3 is 1.38 bits per heavy atom. The number of hydrogen-bond acceptors (Lipinski definition) is 14. The van der Waals surface area contributed by atoms with Gasteiger partial charge in [-0.1, -0.05) is 0 Å². The zero-order chi connectivity index (χ0) is 47.1. The van der Waals surface area contributed by atoms with Crippen LogP contribution in [0.5, 0.6) is 5.75 Å². The average Bonchev–Trinajstić information content (AvgIpc) is 4.13. The second kappa shape index (κ2) is 23.0. The Labute approximate surface area is 360 Å². The van der Waals surface area contributed by atoms with Crippen molar-refractivity contribution in [1.29, 1.82) is 5.26 Å². The van der Waals surface area contributed by atoms with E-state index in [0.717, 1.165) is 24.3 Å². The zero-order valence-corrected chi connectivity index (χ0v) is 35.5. The Morgan fingerprint density at radius 2 is 1.08 bits per heavy atom. The first-order valence-electron chi connectivity index (χ1n) is 19.3. The van der Waals surface area contributed by atoms with Crippen LogP contribution < -0.4 is 14.2 Å². The Hall–Kier alpha value is -5.84. The molecule has 4 N–H and O–H groups in total. The average molecular weight is 934 g/mol. The number of carbonyl (C=O) groups is 6. The van der Waals surface area contributed by atoms with Crippen molar-refractivity contribution >= 4 is 55.7 Å². The third-order valence-electron chi connectivity index (χ3n) is 8.88. The molecule has 0 spiro atoms. The smallest absolute Gasteiger partial charge is 0.481 e. The number of carboxylic acids is 2. The molecule has 0 aliphatic heterocycles. The largest absolute Gasteiger partial charge is 0.573 e. The standard InChI is InChI=1S/C19H23F3N2O8S.C19H23N3O7S/c1-2-31-17(27)9-10-24(12-3-4-12)18(28)15(11-16(25)26)23-33(29,30)14-7-5-13(6-8-14)32-19(20,21)22;1-2-29-18(25)9-10-22(14-5-6-14)19(26)16(11-17(23)24)21-30(27,28)15-7-3-13(12-20)4-8-15/h5-8,12,15,23H,2-4,9-11H2,1H3,(H,25,26);3-4,7-8,14,16,21H,2,5-6,9-11H2,1H3,(H,23,24)/t15-;16-/m00/s1. The molecular formula is C38H46F3N5O15S2. The van der Waals surface area contributed by atoms with Gasteiger partial charge in [0.05, 0.1) is 60.3 Å². The summed E-state index contributed by atoms with van der Waals surface area (Å²) < 4.78 is 105. The highest BCUT2D eigenvalue weighted by molar-refractivity contribution is 7.89. The van der Waals surface area contributed by atoms with Crippen molar-refractivity contribution in [2.75, 3.05) is 26.3 Å². The van der Waals surface area contributed by atoms with Gasteiger partial charge in [-0.15, -0.1) is 13.2 Å². The Morgan fingerprint density at radius 1 is 0.714 bits per heavy atom. The number of amides is 2. The summed E-state index contributed by atoms with van der Waals surface area (Å²) >= 11 is 0. The van der Waals surface area contributed by atoms with E-state index in [2.05, 4.69) is 9.46 Å². The summed E-state index contributed by atoms with van der Waals surface area (Å²) in [6.07, 6.45) is -4.21. The van der Waals surface area contributed by atoms with Gasteiger partial charge < -0.3 is 34.2 Å². The molecule has 2 aromatic rings. The fraction of sp³-hybridized carbons (Fsp3) is 0.500. The number of esters is 2. The van der Waals surface area contributed by atoms with Gasteiger partial charge in [-0.05, 0) is 88.1 Å². The highest BCUT2D eigenvalue weighted by atomic mass is 32.2. The molecule has 20 nitrogen and oxygen atoms in total. The fourth-order valence-corrected chi connectivity index (χ4v) is 8.13. The number of alkyl halides is 3. The Bertz CT molecular complexity index is 2210. The first-order valence-corrected chi connectivity index (χ1v) is 22.2. The van der Waals surface area contributed by atoms with Crippen molar-refractivity contribution in [2.24, 2.45) is 0 Å². The van der Waals surface area contributed by atoms with Gasteiger partial charge in [0.2, 0.25) is 31.9 Å². The number of aliphatic carboxylic acids is 2. The number of ether oxygens (including phenoxy) is 3. The Kier molecular flexibility index (Phi) is 18.8. The van der Waals surface area contributed by atoms with Crippen molar-refractivity contribution in [2.45, 2.75) is 106 Å². The molecule has 0 aromatic heterocycles. The van der Waals surface area contributed by atoms with E-state index < -0.39 is 97.7 Å². The van der Waals surface area contributed by atoms with Crippen LogP contribution in [0.1, 0.15) is 70.8 Å². The van der Waals surface area contributed by atoms with E-state index in [1.807, 2.05) is 10.8 Å². The molecule has 2 aromatic carbocycles. The molecule has 2 aliphatic carbocycles. The number of sulfonamides is 2. The summed E-state index contributed by atoms with van der Waals surface area (Å²) in [5.74, 6) is -6.05. The maximum Gasteiger partial charge on any atom is 0.573 e. The van der Waals surface area contributed by atoms with Gasteiger partial charge >= 0.3 is 30.2 Å². The van der Waals surface area contributed by atoms with Crippen LogP contribution >= 0.6 is 0 Å². The number of nitriles is 1. The summed E-state index contributed by atoms with van der Waals surface area (Å²) in [5, 5.41) is 27.2. The highest BCUT2D eigenvalue weighted by Crippen LogP contribution is 2.30. The van der Waals surface area contributed by atoms with Crippen molar-refractivity contribution < 1.29 is 83.2 Å². The normalized spacial score (nSPS) is 14.7. The topological polar surface area (TPSA) is 293 Å². The summed E-state index contributed by atoms with van der Waals surface area (Å²) in [7, 11) is -8.69. The quantitative estimate of drug-likeness (QED) is 0.116. The fourth-order valence-electron chi connectivity index (χ4n) is 5.76. The van der Waals surface area contributed by atoms with Crippen LogP contribution in [-0.4, -0.2) is 129 Å². The maximum absolute atomic E-state index is 13.0. The van der Waals surface area contributed by atoms with Crippen molar-refractivity contribution in [3.8, 4) is 11.8 Å². The SMILES string of the molecule is CCOC(=O)CCN(C(=O)[C@H](CC(=O)O)NS(=O)(=O)c1ccc(C#N)cc1)C1CC1.CCOC(=O)CCN(C(=O)[C@H](CC(=O)O)NS(=O)(=O)c1ccc(OC(F)(F)F)cc1)C1CC1. The minimum absolute atomic E-state index is 0.0110. The lowest BCUT2D eigenvalue weighted by molar-refractivity contribution is -0.274. The van der Waals surface area contributed by atoms with Crippen molar-refractivity contribution in [1.82, 2.24) is 19.2 Å². The van der Waals surface area contributed by atoms with Gasteiger partial charge in [0.15, 0.2) is 0 Å². The van der Waals surface area contributed by atoms with Gasteiger partial charge in [0.25, 0.3) is 0 Å². The summed E-state index contributed by atoms with van der Waals surface area (Å²) in [5.41, 5.74) is 0.256. The van der Waals surface area contributed by atoms with E-state index in [0.29, 0.717) is 25.7 Å². The predicted molar refractivity (Wildman–Crippen MR) is 209 cm³/mol. The predicted octanol–water partition coefficient (Wildman–Crippen LogP) is 2.28. The number of carboxylic acid groups (broad SMARTS) is 2. The van der Waals surface area contributed by atoms with Crippen LogP contribution in [0.25, 0.3) is 0 Å². The van der Waals surface area contributed by atoms with Crippen LogP contribution in [0.15, 0.2) is 58.3 Å². The number of halogens is 3. The van der Waals surface area contributed by atoms with Gasteiger partial charge in [-0.2, -0.15) is 14.7 Å². The van der Waals surface area contributed by atoms with Crippen LogP contribution in [0.3, 0.4) is 0 Å². The van der Waals surface area contributed by atoms with Crippen LogP contribution in [0.4, 0.5) is 13.2 Å². The van der Waals surface area contributed by atoms with Gasteiger partial charge in [-0.25, -0.2) is 16.8 Å². The number of nitrogens with one attached hydrogen (secondary N) is 2. The lowest BCUT2D eigenvalue weighted by Crippen LogP contribution is -2.50. The molecule has 2 aliphatic rings. The Balaban J connectivity index is 0.000000337. The van der Waals surface area contributed by atoms with E-state index >= 15 is 0 Å². The maximum atomic E-state index is 13.0. The highest BCUT2D eigenvalue weighted by Gasteiger charge is 2.40. The minimum atomic E-state index is -4.96. The first-order chi connectivity index (χ1) is 29.5. The number of benzene rings is 2. The minimum Gasteiger partial charge on any atom is -0.481 e. The third-order valence-corrected chi connectivity index (χ3v) is 11.9. The van der Waals surface area contributed by atoms with Crippen LogP contribution in [0, 0.1) is 11.3 Å². The lowest BCUT2D eigenvalue weighted by atomic mass is 10.2. The molecule has 0 radical (unpaired) electrons. The summed E-state index contributed by atoms with van der Waals surface area (Å²) in [6.45, 7) is 3.54. The molecule has 0 saturated heterocycles. The molecule has 2 amide bonds. The number of hydrogen-bond donors (Lipinski definition) is 4. The molecule has 63 heavy (non-hydrogen) atoms. The zero-order valence-electron chi connectivity index (χ0n) is 33.9. The molecule has 0 heterocycles. The first kappa shape index (κ1) is 51.5. The molecule has 2 fully saturated rings. The van der Waals surface area contributed by atoms with E-state index in [1.165, 1.54) is 34.1 Å². The number of nitrogens with zero attached hydrogens (tertiary/aromatic N) is 3. The molecular weight excluding hydrogens is 888 g/mol. The molecule has 2 saturated carbocycles. The van der Waals surface area contributed by atoms with Crippen molar-refractivity contribution in [3.05, 3.63) is 54.1 Å². The molecule has 2 atom stereocenters. The van der Waals surface area contributed by atoms with Gasteiger partial charge in [0, 0.05) is 25.2 Å².